The average molecular weight is 556 g/mol. The van der Waals surface area contributed by atoms with Crippen LogP contribution in [0.3, 0.4) is 0 Å². The molecule has 1 aliphatic rings. The molecular weight excluding hydrogens is 522 g/mol. The number of carbonyl (C=O) groups is 3. The van der Waals surface area contributed by atoms with E-state index in [1.807, 2.05) is 0 Å². The summed E-state index contributed by atoms with van der Waals surface area (Å²) in [5.74, 6) is -1.88. The molecule has 216 valence electrons. The van der Waals surface area contributed by atoms with Crippen molar-refractivity contribution in [2.24, 2.45) is 5.92 Å². The van der Waals surface area contributed by atoms with Crippen LogP contribution in [0, 0.1) is 5.92 Å². The fourth-order valence-corrected chi connectivity index (χ4v) is 3.73. The monoisotopic (exact) mass is 555 g/mol. The van der Waals surface area contributed by atoms with Crippen LogP contribution in [-0.4, -0.2) is 98.6 Å². The summed E-state index contributed by atoms with van der Waals surface area (Å²) >= 11 is 0. The maximum atomic E-state index is 12.5. The second-order valence-electron chi connectivity index (χ2n) is 9.10. The van der Waals surface area contributed by atoms with Crippen molar-refractivity contribution in [1.29, 1.82) is 0 Å². The van der Waals surface area contributed by atoms with Gasteiger partial charge in [0.1, 0.15) is 37.8 Å². The van der Waals surface area contributed by atoms with Crippen LogP contribution in [0.25, 0.3) is 11.2 Å². The van der Waals surface area contributed by atoms with E-state index < -0.39 is 54.7 Å². The van der Waals surface area contributed by atoms with Gasteiger partial charge in [-0.1, -0.05) is 13.8 Å². The van der Waals surface area contributed by atoms with E-state index in [9.17, 15) is 29.4 Å². The quantitative estimate of drug-likeness (QED) is 0.136. The summed E-state index contributed by atoms with van der Waals surface area (Å²) in [5, 5.41) is 22.9. The van der Waals surface area contributed by atoms with Gasteiger partial charge in [-0.05, 0) is 0 Å². The van der Waals surface area contributed by atoms with Crippen molar-refractivity contribution in [3.8, 4) is 0 Å². The standard InChI is InChI=1S/C23H33N5O11/c1-11(2)20(33)26-23-25-19-16(21(34)27-23)24-9-28(19)22-18(17(32)15(7-29)39-22)37-10-35-6-5-14(38-13(4)31)8-36-12(3)30/h9,11,14-15,17-18,22,29,32H,5-8,10H2,1-4H3,(H2,25,26,27,33,34)/t14?,15-,17-,18-,22-/m1/s1. The number of ether oxygens (including phenoxy) is 5. The van der Waals surface area contributed by atoms with Gasteiger partial charge in [0.2, 0.25) is 11.9 Å². The van der Waals surface area contributed by atoms with Crippen molar-refractivity contribution in [3.05, 3.63) is 16.7 Å². The fourth-order valence-electron chi connectivity index (χ4n) is 3.73. The number of aromatic nitrogens is 4. The lowest BCUT2D eigenvalue weighted by atomic mass is 10.1. The number of nitrogens with zero attached hydrogens (tertiary/aromatic N) is 3. The molecule has 1 unspecified atom stereocenters. The van der Waals surface area contributed by atoms with E-state index >= 15 is 0 Å². The van der Waals surface area contributed by atoms with Gasteiger partial charge in [-0.15, -0.1) is 0 Å². The zero-order valence-electron chi connectivity index (χ0n) is 22.0. The van der Waals surface area contributed by atoms with Gasteiger partial charge >= 0.3 is 11.9 Å². The number of rotatable bonds is 13. The summed E-state index contributed by atoms with van der Waals surface area (Å²) in [4.78, 5) is 57.7. The lowest BCUT2D eigenvalue weighted by Crippen LogP contribution is -2.36. The third-order valence-corrected chi connectivity index (χ3v) is 5.70. The predicted octanol–water partition coefficient (Wildman–Crippen LogP) is -0.791. The number of hydrogen-bond acceptors (Lipinski definition) is 13. The molecule has 0 radical (unpaired) electrons. The molecule has 0 saturated carbocycles. The van der Waals surface area contributed by atoms with Gasteiger partial charge in [-0.3, -0.25) is 34.0 Å². The first-order chi connectivity index (χ1) is 18.5. The second kappa shape index (κ2) is 13.6. The van der Waals surface area contributed by atoms with Crippen LogP contribution in [0.15, 0.2) is 11.1 Å². The SMILES string of the molecule is CC(=O)OCC(CCOCO[C@@H]1[C@H](O)[C@@H](CO)O[C@H]1n1cnc2c(=O)[nH]c(NC(=O)C(C)C)nc21)OC(C)=O. The molecule has 0 bridgehead atoms. The van der Waals surface area contributed by atoms with Gasteiger partial charge in [0.15, 0.2) is 17.4 Å². The van der Waals surface area contributed by atoms with E-state index in [0.29, 0.717) is 0 Å². The molecule has 0 aromatic carbocycles. The fraction of sp³-hybridized carbons (Fsp3) is 0.652. The minimum absolute atomic E-state index is 0.0395. The maximum absolute atomic E-state index is 12.5. The Morgan fingerprint density at radius 1 is 1.26 bits per heavy atom. The molecule has 1 aliphatic heterocycles. The van der Waals surface area contributed by atoms with Crippen molar-refractivity contribution in [2.75, 3.05) is 31.9 Å². The molecule has 3 rings (SSSR count). The summed E-state index contributed by atoms with van der Waals surface area (Å²) < 4.78 is 28.3. The Kier molecular flexibility index (Phi) is 10.5. The first kappa shape index (κ1) is 30.1. The maximum Gasteiger partial charge on any atom is 0.303 e. The second-order valence-corrected chi connectivity index (χ2v) is 9.10. The van der Waals surface area contributed by atoms with E-state index in [-0.39, 0.29) is 55.4 Å². The molecule has 0 spiro atoms. The Labute approximate surface area is 222 Å². The normalized spacial score (nSPS) is 21.7. The number of aliphatic hydroxyl groups is 2. The molecular formula is C23H33N5O11. The zero-order chi connectivity index (χ0) is 28.7. The molecule has 1 saturated heterocycles. The average Bonchev–Trinajstić information content (AvgIpc) is 3.42. The molecule has 5 atom stereocenters. The molecule has 3 heterocycles. The minimum atomic E-state index is -1.28. The molecule has 2 aromatic heterocycles. The van der Waals surface area contributed by atoms with Crippen molar-refractivity contribution in [3.63, 3.8) is 0 Å². The Balaban J connectivity index is 1.70. The van der Waals surface area contributed by atoms with E-state index in [1.54, 1.807) is 13.8 Å². The molecule has 16 nitrogen and oxygen atoms in total. The number of fused-ring (bicyclic) bond motifs is 1. The van der Waals surface area contributed by atoms with Gasteiger partial charge in [0.05, 0.1) is 19.5 Å². The highest BCUT2D eigenvalue weighted by atomic mass is 16.7. The van der Waals surface area contributed by atoms with Crippen LogP contribution < -0.4 is 10.9 Å². The van der Waals surface area contributed by atoms with Crippen molar-refractivity contribution < 1.29 is 48.3 Å². The number of esters is 2. The van der Waals surface area contributed by atoms with Crippen LogP contribution in [0.2, 0.25) is 0 Å². The number of amides is 1. The number of nitrogens with one attached hydrogen (secondary N) is 2. The number of anilines is 1. The van der Waals surface area contributed by atoms with E-state index in [0.717, 1.165) is 0 Å². The third kappa shape index (κ3) is 7.79. The number of aromatic amines is 1. The first-order valence-electron chi connectivity index (χ1n) is 12.2. The van der Waals surface area contributed by atoms with Gasteiger partial charge < -0.3 is 33.9 Å². The number of hydrogen-bond donors (Lipinski definition) is 4. The topological polar surface area (TPSA) is 213 Å². The van der Waals surface area contributed by atoms with Gasteiger partial charge in [-0.2, -0.15) is 4.98 Å². The molecule has 16 heteroatoms. The molecule has 2 aromatic rings. The molecule has 1 amide bonds. The summed E-state index contributed by atoms with van der Waals surface area (Å²) in [6, 6.07) is 0. The Bertz CT molecular complexity index is 1210. The predicted molar refractivity (Wildman–Crippen MR) is 131 cm³/mol. The van der Waals surface area contributed by atoms with Crippen molar-refractivity contribution in [2.45, 2.75) is 64.8 Å². The summed E-state index contributed by atoms with van der Waals surface area (Å²) in [6.45, 7) is 4.91. The van der Waals surface area contributed by atoms with Gasteiger partial charge in [0.25, 0.3) is 5.56 Å². The molecule has 4 N–H and O–H groups in total. The Morgan fingerprint density at radius 2 is 2.00 bits per heavy atom. The molecule has 1 fully saturated rings. The highest BCUT2D eigenvalue weighted by Crippen LogP contribution is 2.33. The zero-order valence-corrected chi connectivity index (χ0v) is 22.0. The van der Waals surface area contributed by atoms with E-state index in [2.05, 4.69) is 20.3 Å². The highest BCUT2D eigenvalue weighted by Gasteiger charge is 2.46. The Morgan fingerprint density at radius 3 is 2.64 bits per heavy atom. The number of imidazole rings is 1. The summed E-state index contributed by atoms with van der Waals surface area (Å²) in [7, 11) is 0. The van der Waals surface area contributed by atoms with Crippen LogP contribution >= 0.6 is 0 Å². The lowest BCUT2D eigenvalue weighted by Gasteiger charge is -2.22. The van der Waals surface area contributed by atoms with Crippen LogP contribution in [-0.2, 0) is 38.1 Å². The highest BCUT2D eigenvalue weighted by molar-refractivity contribution is 5.91. The Hall–Kier alpha value is -3.44. The van der Waals surface area contributed by atoms with E-state index in [4.69, 9.17) is 23.7 Å². The third-order valence-electron chi connectivity index (χ3n) is 5.70. The largest absolute Gasteiger partial charge is 0.462 e. The van der Waals surface area contributed by atoms with Crippen molar-refractivity contribution in [1.82, 2.24) is 19.5 Å². The van der Waals surface area contributed by atoms with Gasteiger partial charge in [0, 0.05) is 26.2 Å². The van der Waals surface area contributed by atoms with Crippen LogP contribution in [0.4, 0.5) is 5.95 Å². The molecule has 39 heavy (non-hydrogen) atoms. The van der Waals surface area contributed by atoms with Gasteiger partial charge in [-0.25, -0.2) is 4.98 Å². The lowest BCUT2D eigenvalue weighted by molar-refractivity contribution is -0.160. The van der Waals surface area contributed by atoms with Crippen molar-refractivity contribution >= 4 is 35.0 Å². The molecule has 0 aliphatic carbocycles. The van der Waals surface area contributed by atoms with Crippen LogP contribution in [0.5, 0.6) is 0 Å². The van der Waals surface area contributed by atoms with Crippen LogP contribution in [0.1, 0.15) is 40.3 Å². The number of H-pyrrole nitrogens is 1. The summed E-state index contributed by atoms with van der Waals surface area (Å²) in [5.41, 5.74) is -0.591. The number of carbonyl (C=O) groups excluding carboxylic acids is 3. The first-order valence-corrected chi connectivity index (χ1v) is 12.2. The van der Waals surface area contributed by atoms with E-state index in [1.165, 1.54) is 24.7 Å². The minimum Gasteiger partial charge on any atom is -0.462 e. The number of aliphatic hydroxyl groups excluding tert-OH is 2. The summed E-state index contributed by atoms with van der Waals surface area (Å²) in [6.07, 6.45) is -3.67. The smallest absolute Gasteiger partial charge is 0.303 e.